The maximum absolute atomic E-state index is 12.2. The lowest BCUT2D eigenvalue weighted by Gasteiger charge is -2.16. The number of benzene rings is 2. The molecule has 0 amide bonds. The lowest BCUT2D eigenvalue weighted by molar-refractivity contribution is -0.148. The van der Waals surface area contributed by atoms with E-state index in [2.05, 4.69) is 6.92 Å². The number of rotatable bonds is 11. The highest BCUT2D eigenvalue weighted by atomic mass is 16.6. The highest BCUT2D eigenvalue weighted by Crippen LogP contribution is 2.14. The summed E-state index contributed by atoms with van der Waals surface area (Å²) in [6.07, 6.45) is 9.53. The molecule has 1 atom stereocenters. The summed E-state index contributed by atoms with van der Waals surface area (Å²) in [7, 11) is 1.49. The first kappa shape index (κ1) is 26.7. The summed E-state index contributed by atoms with van der Waals surface area (Å²) in [6, 6.07) is 18.9. The van der Waals surface area contributed by atoms with Crippen molar-refractivity contribution in [3.63, 3.8) is 0 Å². The molecule has 5 nitrogen and oxygen atoms in total. The zero-order valence-electron chi connectivity index (χ0n) is 19.2. The van der Waals surface area contributed by atoms with Gasteiger partial charge in [0.15, 0.2) is 0 Å². The van der Waals surface area contributed by atoms with Crippen molar-refractivity contribution in [1.29, 1.82) is 0 Å². The third-order valence-electron chi connectivity index (χ3n) is 4.60. The van der Waals surface area contributed by atoms with Gasteiger partial charge in [-0.2, -0.15) is 0 Å². The zero-order valence-corrected chi connectivity index (χ0v) is 19.2. The van der Waals surface area contributed by atoms with Gasteiger partial charge in [0.25, 0.3) is 0 Å². The second kappa shape index (κ2) is 16.4. The standard InChI is InChI=1S/C18H26O3.C9H8O2/c1-4-6-8-13-16(5-2)21-18(19)17(20-3)14-15-11-9-7-10-12-15;10-9(11)7-6-8-4-2-1-3-5-8/h7,9-12,14,16H,4-6,8,13H2,1-3H3;1-7H,(H,10,11). The average Bonchev–Trinajstić information content (AvgIpc) is 2.82. The molecule has 2 aromatic rings. The van der Waals surface area contributed by atoms with Crippen molar-refractivity contribution in [2.45, 2.75) is 52.1 Å². The molecule has 0 heterocycles. The van der Waals surface area contributed by atoms with E-state index in [-0.39, 0.29) is 17.8 Å². The van der Waals surface area contributed by atoms with Crippen LogP contribution in [0.2, 0.25) is 0 Å². The van der Waals surface area contributed by atoms with Gasteiger partial charge in [-0.15, -0.1) is 0 Å². The molecule has 0 radical (unpaired) electrons. The molecule has 0 aliphatic rings. The number of carbonyl (C=O) groups is 2. The van der Waals surface area contributed by atoms with Crippen molar-refractivity contribution in [3.8, 4) is 0 Å². The van der Waals surface area contributed by atoms with Gasteiger partial charge < -0.3 is 14.6 Å². The van der Waals surface area contributed by atoms with Gasteiger partial charge in [-0.3, -0.25) is 0 Å². The first-order valence-corrected chi connectivity index (χ1v) is 11.0. The van der Waals surface area contributed by atoms with Crippen LogP contribution in [0.25, 0.3) is 12.2 Å². The van der Waals surface area contributed by atoms with Crippen LogP contribution in [0.4, 0.5) is 0 Å². The van der Waals surface area contributed by atoms with E-state index in [4.69, 9.17) is 14.6 Å². The number of esters is 1. The van der Waals surface area contributed by atoms with E-state index in [0.717, 1.165) is 36.5 Å². The molecule has 2 rings (SSSR count). The van der Waals surface area contributed by atoms with E-state index in [1.165, 1.54) is 20.0 Å². The Morgan fingerprint density at radius 1 is 0.938 bits per heavy atom. The smallest absolute Gasteiger partial charge is 0.373 e. The van der Waals surface area contributed by atoms with Crippen LogP contribution in [0.1, 0.15) is 57.1 Å². The number of carboxylic acid groups (broad SMARTS) is 1. The average molecular weight is 439 g/mol. The Morgan fingerprint density at radius 3 is 2.03 bits per heavy atom. The maximum Gasteiger partial charge on any atom is 0.373 e. The number of carboxylic acids is 1. The van der Waals surface area contributed by atoms with Crippen molar-refractivity contribution in [2.24, 2.45) is 0 Å². The molecule has 0 aliphatic heterocycles. The first-order valence-electron chi connectivity index (χ1n) is 11.0. The normalized spacial score (nSPS) is 11.9. The van der Waals surface area contributed by atoms with Crippen LogP contribution >= 0.6 is 0 Å². The fraction of sp³-hybridized carbons (Fsp3) is 0.333. The predicted molar refractivity (Wildman–Crippen MR) is 129 cm³/mol. The quantitative estimate of drug-likeness (QED) is 0.191. The second-order valence-corrected chi connectivity index (χ2v) is 7.14. The lowest BCUT2D eigenvalue weighted by Crippen LogP contribution is -2.19. The van der Waals surface area contributed by atoms with Crippen LogP contribution in [0.15, 0.2) is 72.5 Å². The zero-order chi connectivity index (χ0) is 23.6. The van der Waals surface area contributed by atoms with Crippen LogP contribution in [-0.4, -0.2) is 30.3 Å². The molecule has 0 aliphatic carbocycles. The third-order valence-corrected chi connectivity index (χ3v) is 4.60. The molecule has 0 saturated heterocycles. The van der Waals surface area contributed by atoms with E-state index in [9.17, 15) is 9.59 Å². The number of unbranched alkanes of at least 4 members (excludes halogenated alkanes) is 2. The topological polar surface area (TPSA) is 72.8 Å². The Hall–Kier alpha value is -3.34. The van der Waals surface area contributed by atoms with Gasteiger partial charge in [-0.25, -0.2) is 9.59 Å². The number of hydrogen-bond donors (Lipinski definition) is 1. The fourth-order valence-electron chi connectivity index (χ4n) is 2.81. The number of aliphatic carboxylic acids is 1. The van der Waals surface area contributed by atoms with Gasteiger partial charge in [-0.05, 0) is 42.5 Å². The van der Waals surface area contributed by atoms with Crippen LogP contribution in [0.5, 0.6) is 0 Å². The minimum Gasteiger partial charge on any atom is -0.490 e. The Bertz CT molecular complexity index is 841. The Labute approximate surface area is 191 Å². The molecule has 0 aromatic heterocycles. The van der Waals surface area contributed by atoms with Crippen LogP contribution in [0.3, 0.4) is 0 Å². The molecule has 32 heavy (non-hydrogen) atoms. The molecule has 2 aromatic carbocycles. The molecule has 1 N–H and O–H groups in total. The van der Waals surface area contributed by atoms with Gasteiger partial charge in [0.2, 0.25) is 5.76 Å². The minimum atomic E-state index is -0.922. The summed E-state index contributed by atoms with van der Waals surface area (Å²) in [4.78, 5) is 22.3. The van der Waals surface area contributed by atoms with E-state index >= 15 is 0 Å². The summed E-state index contributed by atoms with van der Waals surface area (Å²) in [6.45, 7) is 4.20. The van der Waals surface area contributed by atoms with Gasteiger partial charge in [0.1, 0.15) is 6.10 Å². The van der Waals surface area contributed by atoms with Crippen LogP contribution in [0, 0.1) is 0 Å². The van der Waals surface area contributed by atoms with Crippen LogP contribution < -0.4 is 0 Å². The molecular weight excluding hydrogens is 404 g/mol. The van der Waals surface area contributed by atoms with E-state index in [1.807, 2.05) is 67.6 Å². The monoisotopic (exact) mass is 438 g/mol. The van der Waals surface area contributed by atoms with Crippen molar-refractivity contribution in [3.05, 3.63) is 83.6 Å². The first-order chi connectivity index (χ1) is 15.5. The number of methoxy groups -OCH3 is 1. The van der Waals surface area contributed by atoms with Crippen molar-refractivity contribution in [1.82, 2.24) is 0 Å². The molecule has 1 unspecified atom stereocenters. The summed E-state index contributed by atoms with van der Waals surface area (Å²) >= 11 is 0. The maximum atomic E-state index is 12.2. The molecule has 0 bridgehead atoms. The Kier molecular flexibility index (Phi) is 13.7. The molecule has 0 saturated carbocycles. The Balaban J connectivity index is 0.000000389. The van der Waals surface area contributed by atoms with E-state index in [0.29, 0.717) is 0 Å². The lowest BCUT2D eigenvalue weighted by atomic mass is 10.1. The van der Waals surface area contributed by atoms with Crippen molar-refractivity contribution < 1.29 is 24.2 Å². The molecule has 172 valence electrons. The number of ether oxygens (including phenoxy) is 2. The van der Waals surface area contributed by atoms with Crippen molar-refractivity contribution >= 4 is 24.1 Å². The number of carbonyl (C=O) groups excluding carboxylic acids is 1. The third kappa shape index (κ3) is 11.7. The summed E-state index contributed by atoms with van der Waals surface area (Å²) in [5, 5.41) is 8.29. The summed E-state index contributed by atoms with van der Waals surface area (Å²) in [5.41, 5.74) is 1.82. The van der Waals surface area contributed by atoms with E-state index in [1.54, 1.807) is 12.2 Å². The van der Waals surface area contributed by atoms with Gasteiger partial charge >= 0.3 is 11.9 Å². The summed E-state index contributed by atoms with van der Waals surface area (Å²) < 4.78 is 10.7. The van der Waals surface area contributed by atoms with Crippen LogP contribution in [-0.2, 0) is 19.1 Å². The SMILES string of the molecule is CCCCCC(CC)OC(=O)C(=Cc1ccccc1)OC.O=C(O)C=Cc1ccccc1. The second-order valence-electron chi connectivity index (χ2n) is 7.14. The van der Waals surface area contributed by atoms with Gasteiger partial charge in [0, 0.05) is 6.08 Å². The molecule has 5 heteroatoms. The molecule has 0 fully saturated rings. The summed E-state index contributed by atoms with van der Waals surface area (Å²) in [5.74, 6) is -1.06. The van der Waals surface area contributed by atoms with Crippen molar-refractivity contribution in [2.75, 3.05) is 7.11 Å². The minimum absolute atomic E-state index is 0.0293. The number of hydrogen-bond acceptors (Lipinski definition) is 4. The predicted octanol–water partition coefficient (Wildman–Crippen LogP) is 6.36. The van der Waals surface area contributed by atoms with Gasteiger partial charge in [-0.1, -0.05) is 87.4 Å². The largest absolute Gasteiger partial charge is 0.490 e. The van der Waals surface area contributed by atoms with Gasteiger partial charge in [0.05, 0.1) is 7.11 Å². The molecular formula is C27H34O5. The molecule has 0 spiro atoms. The Morgan fingerprint density at radius 2 is 1.53 bits per heavy atom. The van der Waals surface area contributed by atoms with E-state index < -0.39 is 5.97 Å². The fourth-order valence-corrected chi connectivity index (χ4v) is 2.81. The highest BCUT2D eigenvalue weighted by molar-refractivity contribution is 5.91. The highest BCUT2D eigenvalue weighted by Gasteiger charge is 2.17.